The molecule has 47 heavy (non-hydrogen) atoms. The summed E-state index contributed by atoms with van der Waals surface area (Å²) in [6.07, 6.45) is 9.20. The van der Waals surface area contributed by atoms with Crippen molar-refractivity contribution in [1.29, 1.82) is 0 Å². The maximum atomic E-state index is 7.59. The molecular weight excluding hydrogens is 576 g/mol. The summed E-state index contributed by atoms with van der Waals surface area (Å²) in [6.45, 7) is 9.91. The van der Waals surface area contributed by atoms with Crippen molar-refractivity contribution in [3.05, 3.63) is 131 Å². The van der Waals surface area contributed by atoms with Gasteiger partial charge in [-0.15, -0.1) is 0 Å². The van der Waals surface area contributed by atoms with Gasteiger partial charge in [0, 0.05) is 27.5 Å². The number of hydrogen-bond acceptors (Lipinski definition) is 3. The lowest BCUT2D eigenvalue weighted by Gasteiger charge is -2.55. The van der Waals surface area contributed by atoms with Gasteiger partial charge in [0.25, 0.3) is 0 Å². The number of fused-ring (bicyclic) bond motifs is 9. The molecule has 3 aliphatic rings. The predicted molar refractivity (Wildman–Crippen MR) is 193 cm³/mol. The number of hydrogen-bond donors (Lipinski definition) is 0. The Morgan fingerprint density at radius 3 is 1.98 bits per heavy atom. The molecule has 1 fully saturated rings. The number of rotatable bonds is 4. The Morgan fingerprint density at radius 1 is 0.638 bits per heavy atom. The van der Waals surface area contributed by atoms with Crippen molar-refractivity contribution in [3.8, 4) is 28.4 Å². The fourth-order valence-electron chi connectivity index (χ4n) is 10.1. The summed E-state index contributed by atoms with van der Waals surface area (Å²) in [4.78, 5) is 0. The smallest absolute Gasteiger partial charge is 0.178 e. The second-order valence-corrected chi connectivity index (χ2v) is 15.6. The van der Waals surface area contributed by atoms with Crippen molar-refractivity contribution in [2.45, 2.75) is 64.4 Å². The van der Waals surface area contributed by atoms with Gasteiger partial charge in [-0.3, -0.25) is 0 Å². The van der Waals surface area contributed by atoms with E-state index in [1.54, 1.807) is 14.2 Å². The summed E-state index contributed by atoms with van der Waals surface area (Å²) in [5.41, 5.74) is 8.50. The number of ether oxygens (including phenoxy) is 3. The Hall–Kier alpha value is -4.50. The van der Waals surface area contributed by atoms with E-state index in [-0.39, 0.29) is 16.2 Å². The average molecular weight is 621 g/mol. The van der Waals surface area contributed by atoms with Gasteiger partial charge in [-0.05, 0) is 101 Å². The minimum atomic E-state index is -0.824. The molecule has 1 spiro atoms. The molecule has 0 amide bonds. The van der Waals surface area contributed by atoms with E-state index < -0.39 is 5.60 Å². The third kappa shape index (κ3) is 4.69. The molecule has 1 atom stereocenters. The van der Waals surface area contributed by atoms with Crippen LogP contribution in [0, 0.1) is 10.8 Å². The Balaban J connectivity index is 1.48. The molecule has 3 heteroatoms. The first-order chi connectivity index (χ1) is 22.6. The molecule has 0 aromatic heterocycles. The third-order valence-electron chi connectivity index (χ3n) is 10.9. The molecule has 1 unspecified atom stereocenters. The van der Waals surface area contributed by atoms with E-state index in [9.17, 15) is 0 Å². The number of methoxy groups -OCH3 is 2. The van der Waals surface area contributed by atoms with Crippen LogP contribution in [0.25, 0.3) is 28.0 Å². The van der Waals surface area contributed by atoms with Crippen LogP contribution in [0.1, 0.15) is 74.8 Å². The van der Waals surface area contributed by atoms with Crippen molar-refractivity contribution >= 4 is 16.8 Å². The quantitative estimate of drug-likeness (QED) is 0.200. The minimum absolute atomic E-state index is 0.0340. The number of benzene rings is 5. The monoisotopic (exact) mass is 620 g/mol. The minimum Gasteiger partial charge on any atom is -0.497 e. The van der Waals surface area contributed by atoms with Crippen molar-refractivity contribution in [3.63, 3.8) is 0 Å². The average Bonchev–Trinajstić information content (AvgIpc) is 3.06. The van der Waals surface area contributed by atoms with Gasteiger partial charge in [-0.2, -0.15) is 0 Å². The van der Waals surface area contributed by atoms with Gasteiger partial charge in [0.1, 0.15) is 17.2 Å². The summed E-state index contributed by atoms with van der Waals surface area (Å²) in [5, 5.41) is 2.30. The summed E-state index contributed by atoms with van der Waals surface area (Å²) in [7, 11) is 3.45. The highest BCUT2D eigenvalue weighted by atomic mass is 16.5. The Bertz CT molecular complexity index is 2020. The fourth-order valence-corrected chi connectivity index (χ4v) is 10.1. The summed E-state index contributed by atoms with van der Waals surface area (Å²) >= 11 is 0. The molecule has 0 N–H and O–H groups in total. The van der Waals surface area contributed by atoms with E-state index in [0.717, 1.165) is 53.0 Å². The topological polar surface area (TPSA) is 27.7 Å². The first-order valence-corrected chi connectivity index (χ1v) is 16.9. The van der Waals surface area contributed by atoms with Crippen LogP contribution in [-0.4, -0.2) is 14.2 Å². The maximum Gasteiger partial charge on any atom is 0.178 e. The molecule has 238 valence electrons. The molecule has 2 aliphatic carbocycles. The van der Waals surface area contributed by atoms with Crippen LogP contribution in [0.3, 0.4) is 0 Å². The zero-order valence-corrected chi connectivity index (χ0v) is 28.4. The molecule has 0 saturated heterocycles. The molecule has 1 aliphatic heterocycles. The summed E-state index contributed by atoms with van der Waals surface area (Å²) in [5.74, 6) is 2.58. The zero-order valence-electron chi connectivity index (χ0n) is 28.4. The second kappa shape index (κ2) is 10.5. The molecule has 0 bridgehead atoms. The maximum absolute atomic E-state index is 7.59. The van der Waals surface area contributed by atoms with Crippen LogP contribution in [0.5, 0.6) is 17.2 Å². The second-order valence-electron chi connectivity index (χ2n) is 15.6. The fraction of sp³-hybridized carbons (Fsp3) is 0.318. The largest absolute Gasteiger partial charge is 0.497 e. The van der Waals surface area contributed by atoms with Gasteiger partial charge in [-0.25, -0.2) is 0 Å². The molecule has 5 aromatic rings. The van der Waals surface area contributed by atoms with Crippen LogP contribution in [0.2, 0.25) is 0 Å². The lowest BCUT2D eigenvalue weighted by molar-refractivity contribution is 0.0431. The third-order valence-corrected chi connectivity index (χ3v) is 10.9. The molecule has 0 radical (unpaired) electrons. The van der Waals surface area contributed by atoms with E-state index in [1.165, 1.54) is 39.6 Å². The summed E-state index contributed by atoms with van der Waals surface area (Å²) < 4.78 is 19.0. The lowest BCUT2D eigenvalue weighted by atomic mass is 9.49. The molecule has 3 nitrogen and oxygen atoms in total. The summed E-state index contributed by atoms with van der Waals surface area (Å²) in [6, 6.07) is 34.6. The van der Waals surface area contributed by atoms with Gasteiger partial charge >= 0.3 is 0 Å². The van der Waals surface area contributed by atoms with Gasteiger partial charge in [0.2, 0.25) is 0 Å². The normalized spacial score (nSPS) is 21.3. The van der Waals surface area contributed by atoms with Crippen molar-refractivity contribution in [2.24, 2.45) is 10.8 Å². The first-order valence-electron chi connectivity index (χ1n) is 16.9. The Kier molecular flexibility index (Phi) is 6.68. The van der Waals surface area contributed by atoms with E-state index in [4.69, 9.17) is 14.2 Å². The highest BCUT2D eigenvalue weighted by Crippen LogP contribution is 2.63. The van der Waals surface area contributed by atoms with Gasteiger partial charge in [0.05, 0.1) is 14.2 Å². The van der Waals surface area contributed by atoms with Crippen LogP contribution in [0.4, 0.5) is 0 Å². The Labute approximate surface area is 279 Å². The Morgan fingerprint density at radius 2 is 1.28 bits per heavy atom. The van der Waals surface area contributed by atoms with Crippen LogP contribution >= 0.6 is 0 Å². The van der Waals surface area contributed by atoms with Crippen LogP contribution < -0.4 is 14.2 Å². The first kappa shape index (κ1) is 29.9. The zero-order chi connectivity index (χ0) is 32.6. The SMILES string of the molecule is COc1ccc(C2(c3ccccc3)C=Cc3c4c(c5ccc(OC)cc5c3O2)-c2ccccc2CC42CC(C)(C)CC(C)(C)C2)cc1. The highest BCUT2D eigenvalue weighted by Gasteiger charge is 2.53. The van der Waals surface area contributed by atoms with E-state index in [1.807, 2.05) is 12.1 Å². The lowest BCUT2D eigenvalue weighted by Crippen LogP contribution is -2.47. The van der Waals surface area contributed by atoms with Crippen molar-refractivity contribution in [1.82, 2.24) is 0 Å². The molecular formula is C44H44O3. The molecule has 1 saturated carbocycles. The molecule has 1 heterocycles. The highest BCUT2D eigenvalue weighted by molar-refractivity contribution is 6.07. The van der Waals surface area contributed by atoms with Crippen LogP contribution in [0.15, 0.2) is 103 Å². The van der Waals surface area contributed by atoms with E-state index in [2.05, 4.69) is 125 Å². The van der Waals surface area contributed by atoms with E-state index >= 15 is 0 Å². The van der Waals surface area contributed by atoms with Crippen molar-refractivity contribution in [2.75, 3.05) is 14.2 Å². The predicted octanol–water partition coefficient (Wildman–Crippen LogP) is 10.9. The molecule has 8 rings (SSSR count). The molecule has 5 aromatic carbocycles. The van der Waals surface area contributed by atoms with Crippen molar-refractivity contribution < 1.29 is 14.2 Å². The van der Waals surface area contributed by atoms with E-state index in [0.29, 0.717) is 0 Å². The van der Waals surface area contributed by atoms with Gasteiger partial charge in [-0.1, -0.05) is 101 Å². The van der Waals surface area contributed by atoms with Gasteiger partial charge < -0.3 is 14.2 Å². The van der Waals surface area contributed by atoms with Crippen LogP contribution in [-0.2, 0) is 17.4 Å². The standard InChI is InChI=1S/C44H44O3/c1-41(2)26-42(3,4)28-43(27-41)25-29-12-10-11-15-34(29)38-35-21-20-33(46-6)24-37(35)40-36(39(38)43)22-23-44(47-40,30-13-8-7-9-14-30)31-16-18-32(45-5)19-17-31/h7-24H,25-28H2,1-6H3. The van der Waals surface area contributed by atoms with Gasteiger partial charge in [0.15, 0.2) is 5.60 Å².